The van der Waals surface area contributed by atoms with E-state index < -0.39 is 7.04 Å². The zero-order chi connectivity index (χ0) is 21.3. The number of nitrogens with zero attached hydrogens (tertiary/aromatic N) is 3. The van der Waals surface area contributed by atoms with Gasteiger partial charge in [-0.25, -0.2) is 4.79 Å². The van der Waals surface area contributed by atoms with Gasteiger partial charge in [0.1, 0.15) is 0 Å². The van der Waals surface area contributed by atoms with Crippen LogP contribution in [0.15, 0.2) is 24.4 Å². The lowest BCUT2D eigenvalue weighted by atomic mass is 9.93. The third kappa shape index (κ3) is 3.95. The summed E-state index contributed by atoms with van der Waals surface area (Å²) in [6.45, 7) is 3.50. The van der Waals surface area contributed by atoms with Crippen LogP contribution < -0.4 is 5.32 Å². The van der Waals surface area contributed by atoms with Crippen LogP contribution in [0, 0.1) is 6.92 Å². The fraction of sp³-hybridized carbons (Fsp3) is 0.619. The van der Waals surface area contributed by atoms with Gasteiger partial charge in [0.2, 0.25) is 0 Å². The normalized spacial score (nSPS) is 26.4. The van der Waals surface area contributed by atoms with Crippen molar-refractivity contribution in [1.29, 1.82) is 0 Å². The predicted octanol–water partition coefficient (Wildman–Crippen LogP) is 3.65. The molecule has 1 saturated heterocycles. The number of nitrogens with one attached hydrogen (secondary N) is 1. The number of carbonyl (C=O) groups excluding carboxylic acids is 1. The number of fused-ring (bicyclic) bond motifs is 1. The molecule has 1 aromatic heterocycles. The second-order valence-electron chi connectivity index (χ2n) is 7.91. The third-order valence-corrected chi connectivity index (χ3v) is 6.02. The van der Waals surface area contributed by atoms with Gasteiger partial charge in [0.05, 0.1) is 28.0 Å². The van der Waals surface area contributed by atoms with E-state index in [0.717, 1.165) is 36.6 Å². The number of urea groups is 1. The van der Waals surface area contributed by atoms with Crippen molar-refractivity contribution >= 4 is 16.9 Å². The number of methoxy groups -OCH3 is 1. The zero-order valence-electron chi connectivity index (χ0n) is 18.9. The summed E-state index contributed by atoms with van der Waals surface area (Å²) in [6.07, 6.45) is 6.29. The van der Waals surface area contributed by atoms with E-state index in [-0.39, 0.29) is 18.2 Å². The number of carbonyl (C=O) groups is 1. The van der Waals surface area contributed by atoms with E-state index in [1.54, 1.807) is 0 Å². The molecule has 1 N–H and O–H groups in total. The Bertz CT molecular complexity index is 882. The van der Waals surface area contributed by atoms with Crippen molar-refractivity contribution in [2.24, 2.45) is 0 Å². The summed E-state index contributed by atoms with van der Waals surface area (Å²) in [5, 5.41) is 8.89. The van der Waals surface area contributed by atoms with Gasteiger partial charge in [-0.05, 0) is 57.6 Å². The lowest BCUT2D eigenvalue weighted by molar-refractivity contribution is 0.0624. The molecule has 1 aliphatic carbocycles. The summed E-state index contributed by atoms with van der Waals surface area (Å²) >= 11 is 0. The van der Waals surface area contributed by atoms with Crippen LogP contribution in [0.2, 0.25) is 0 Å². The molecule has 2 amide bonds. The summed E-state index contributed by atoms with van der Waals surface area (Å²) in [5.41, 5.74) is 2.38. The lowest BCUT2D eigenvalue weighted by Gasteiger charge is -2.35. The molecule has 146 valence electrons. The molecule has 0 spiro atoms. The Morgan fingerprint density at radius 1 is 1.22 bits per heavy atom. The number of rotatable bonds is 3. The SMILES string of the molecule is [2H]C([2H])([2H])OC1CCC(NC(=O)N2CCC(n3ncc4cc(C)ccc43)CC2)CC1. The van der Waals surface area contributed by atoms with E-state index in [1.807, 2.05) is 11.1 Å². The second-order valence-corrected chi connectivity index (χ2v) is 7.91. The monoisotopic (exact) mass is 373 g/mol. The van der Waals surface area contributed by atoms with Crippen LogP contribution in [0.4, 0.5) is 4.79 Å². The number of hydrogen-bond donors (Lipinski definition) is 1. The first kappa shape index (κ1) is 14.9. The molecule has 6 heteroatoms. The van der Waals surface area contributed by atoms with E-state index >= 15 is 0 Å². The topological polar surface area (TPSA) is 59.4 Å². The van der Waals surface area contributed by atoms with E-state index in [4.69, 9.17) is 8.85 Å². The highest BCUT2D eigenvalue weighted by Gasteiger charge is 2.28. The number of benzene rings is 1. The van der Waals surface area contributed by atoms with Gasteiger partial charge in [-0.2, -0.15) is 5.10 Å². The number of aromatic nitrogens is 2. The Hall–Kier alpha value is -2.08. The largest absolute Gasteiger partial charge is 0.381 e. The number of piperidine rings is 1. The Kier molecular flexibility index (Phi) is 4.36. The van der Waals surface area contributed by atoms with Crippen molar-refractivity contribution in [2.75, 3.05) is 20.1 Å². The van der Waals surface area contributed by atoms with Crippen molar-refractivity contribution in [2.45, 2.75) is 63.6 Å². The maximum absolute atomic E-state index is 12.7. The average Bonchev–Trinajstić information content (AvgIpc) is 3.11. The quantitative estimate of drug-likeness (QED) is 0.893. The molecule has 27 heavy (non-hydrogen) atoms. The van der Waals surface area contributed by atoms with Crippen molar-refractivity contribution in [3.8, 4) is 0 Å². The van der Waals surface area contributed by atoms with E-state index in [0.29, 0.717) is 32.0 Å². The van der Waals surface area contributed by atoms with Crippen molar-refractivity contribution in [3.63, 3.8) is 0 Å². The number of hydrogen-bond acceptors (Lipinski definition) is 3. The molecule has 1 aliphatic heterocycles. The average molecular weight is 374 g/mol. The first-order chi connectivity index (χ1) is 14.3. The number of likely N-dealkylation sites (tertiary alicyclic amines) is 1. The first-order valence-corrected chi connectivity index (χ1v) is 9.95. The van der Waals surface area contributed by atoms with Crippen LogP contribution in [0.25, 0.3) is 10.9 Å². The summed E-state index contributed by atoms with van der Waals surface area (Å²) in [5.74, 6) is 0. The van der Waals surface area contributed by atoms with Gasteiger partial charge in [0.15, 0.2) is 0 Å². The fourth-order valence-corrected chi connectivity index (χ4v) is 4.37. The summed E-state index contributed by atoms with van der Waals surface area (Å²) in [4.78, 5) is 14.6. The maximum atomic E-state index is 12.7. The van der Waals surface area contributed by atoms with Gasteiger partial charge in [-0.1, -0.05) is 11.6 Å². The third-order valence-electron chi connectivity index (χ3n) is 6.02. The molecule has 0 radical (unpaired) electrons. The van der Waals surface area contributed by atoms with Gasteiger partial charge in [-0.3, -0.25) is 4.68 Å². The van der Waals surface area contributed by atoms with Gasteiger partial charge in [0, 0.05) is 31.6 Å². The van der Waals surface area contributed by atoms with Crippen molar-refractivity contribution < 1.29 is 13.6 Å². The van der Waals surface area contributed by atoms with E-state index in [1.165, 1.54) is 5.56 Å². The van der Waals surface area contributed by atoms with Crippen LogP contribution in [0.3, 0.4) is 0 Å². The minimum atomic E-state index is -2.34. The predicted molar refractivity (Wildman–Crippen MR) is 106 cm³/mol. The minimum Gasteiger partial charge on any atom is -0.381 e. The number of aryl methyl sites for hydroxylation is 1. The Morgan fingerprint density at radius 3 is 2.74 bits per heavy atom. The lowest BCUT2D eigenvalue weighted by Crippen LogP contribution is -2.49. The van der Waals surface area contributed by atoms with E-state index in [2.05, 4.69) is 40.2 Å². The minimum absolute atomic E-state index is 0.0189. The Labute approximate surface area is 165 Å². The van der Waals surface area contributed by atoms with Crippen LogP contribution in [0.5, 0.6) is 0 Å². The summed E-state index contributed by atoms with van der Waals surface area (Å²) < 4.78 is 28.9. The zero-order valence-corrected chi connectivity index (χ0v) is 15.9. The molecular formula is C21H30N4O2. The van der Waals surface area contributed by atoms with Crippen LogP contribution in [-0.2, 0) is 4.74 Å². The van der Waals surface area contributed by atoms with E-state index in [9.17, 15) is 4.79 Å². The first-order valence-electron chi connectivity index (χ1n) is 11.5. The fourth-order valence-electron chi connectivity index (χ4n) is 4.37. The highest BCUT2D eigenvalue weighted by molar-refractivity contribution is 5.79. The van der Waals surface area contributed by atoms with Gasteiger partial charge < -0.3 is 15.0 Å². The summed E-state index contributed by atoms with van der Waals surface area (Å²) in [6, 6.07) is 6.77. The van der Waals surface area contributed by atoms with Crippen LogP contribution in [0.1, 0.15) is 54.2 Å². The van der Waals surface area contributed by atoms with Crippen LogP contribution in [-0.4, -0.2) is 53.0 Å². The number of amides is 2. The second kappa shape index (κ2) is 7.89. The highest BCUT2D eigenvalue weighted by Crippen LogP contribution is 2.27. The molecule has 2 aliphatic rings. The molecule has 1 aromatic carbocycles. The van der Waals surface area contributed by atoms with Crippen molar-refractivity contribution in [3.05, 3.63) is 30.0 Å². The molecule has 0 bridgehead atoms. The number of ether oxygens (including phenoxy) is 1. The smallest absolute Gasteiger partial charge is 0.317 e. The molecule has 4 rings (SSSR count). The molecule has 2 fully saturated rings. The molecule has 2 heterocycles. The maximum Gasteiger partial charge on any atom is 0.317 e. The van der Waals surface area contributed by atoms with Crippen LogP contribution >= 0.6 is 0 Å². The molecular weight excluding hydrogens is 340 g/mol. The van der Waals surface area contributed by atoms with Crippen molar-refractivity contribution in [1.82, 2.24) is 20.0 Å². The molecule has 1 saturated carbocycles. The molecule has 0 atom stereocenters. The van der Waals surface area contributed by atoms with Gasteiger partial charge in [0.25, 0.3) is 0 Å². The van der Waals surface area contributed by atoms with Gasteiger partial charge >= 0.3 is 6.03 Å². The Morgan fingerprint density at radius 2 is 2.00 bits per heavy atom. The Balaban J connectivity index is 1.26. The highest BCUT2D eigenvalue weighted by atomic mass is 16.5. The standard InChI is InChI=1S/C21H30N4O2/c1-15-3-8-20-16(13-15)14-22-25(20)18-9-11-24(12-10-18)21(26)23-17-4-6-19(27-2)7-5-17/h3,8,13-14,17-19H,4-7,9-12H2,1-2H3,(H,23,26)/i2D3. The summed E-state index contributed by atoms with van der Waals surface area (Å²) in [7, 11) is -2.34. The molecule has 0 unspecified atom stereocenters. The van der Waals surface area contributed by atoms with Gasteiger partial charge in [-0.15, -0.1) is 0 Å². The molecule has 6 nitrogen and oxygen atoms in total. The molecule has 2 aromatic rings.